The molecule has 0 aromatic heterocycles. The van der Waals surface area contributed by atoms with E-state index >= 15 is 0 Å². The van der Waals surface area contributed by atoms with Crippen molar-refractivity contribution in [1.82, 2.24) is 5.06 Å². The number of primary amides is 1. The summed E-state index contributed by atoms with van der Waals surface area (Å²) >= 11 is 0. The normalized spacial score (nSPS) is 16.9. The number of rotatable bonds is 1. The van der Waals surface area contributed by atoms with E-state index in [1.54, 1.807) is 12.2 Å². The minimum Gasteiger partial charge on any atom is -0.366 e. The molecule has 54 valence electrons. The molecule has 10 heavy (non-hydrogen) atoms. The first-order valence-corrected chi connectivity index (χ1v) is 2.83. The molecule has 1 aliphatic heterocycles. The number of carbonyl (C=O) groups is 1. The summed E-state index contributed by atoms with van der Waals surface area (Å²) < 4.78 is 0. The summed E-state index contributed by atoms with van der Waals surface area (Å²) in [5.74, 6) is -0.497. The molecule has 4 nitrogen and oxygen atoms in total. The van der Waals surface area contributed by atoms with Gasteiger partial charge in [-0.05, 0) is 6.08 Å². The molecule has 1 heterocycles. The molecular weight excluding hydrogens is 132 g/mol. The van der Waals surface area contributed by atoms with Gasteiger partial charge in [0.2, 0.25) is 5.91 Å². The fraction of sp³-hybridized carbons (Fsp3) is 0.167. The fourth-order valence-electron chi connectivity index (χ4n) is 0.699. The van der Waals surface area contributed by atoms with E-state index in [1.807, 2.05) is 0 Å². The van der Waals surface area contributed by atoms with Crippen LogP contribution in [0.2, 0.25) is 0 Å². The van der Waals surface area contributed by atoms with Gasteiger partial charge in [-0.25, -0.2) is 0 Å². The number of allylic oxidation sites excluding steroid dienone is 2. The first-order valence-electron chi connectivity index (χ1n) is 2.83. The van der Waals surface area contributed by atoms with Crippen molar-refractivity contribution in [1.29, 1.82) is 0 Å². The first-order chi connectivity index (χ1) is 4.70. The number of hydrogen-bond acceptors (Lipinski definition) is 3. The average molecular weight is 140 g/mol. The predicted octanol–water partition coefficient (Wildman–Crippen LogP) is -0.383. The maximum absolute atomic E-state index is 10.5. The van der Waals surface area contributed by atoms with Gasteiger partial charge in [-0.15, -0.1) is 0 Å². The first kappa shape index (κ1) is 6.82. The van der Waals surface area contributed by atoms with E-state index in [0.717, 1.165) is 5.06 Å². The highest BCUT2D eigenvalue weighted by atomic mass is 16.5. The van der Waals surface area contributed by atoms with Crippen molar-refractivity contribution in [2.45, 2.75) is 0 Å². The number of carbonyl (C=O) groups excluding carboxylic acids is 1. The number of nitrogens with zero attached hydrogens (tertiary/aromatic N) is 1. The molecule has 1 aliphatic rings. The van der Waals surface area contributed by atoms with Crippen molar-refractivity contribution in [3.05, 3.63) is 23.9 Å². The largest absolute Gasteiger partial charge is 0.366 e. The second kappa shape index (κ2) is 2.53. The quantitative estimate of drug-likeness (QED) is 0.521. The summed E-state index contributed by atoms with van der Waals surface area (Å²) in [5, 5.41) is 9.73. The zero-order valence-electron chi connectivity index (χ0n) is 5.32. The van der Waals surface area contributed by atoms with Crippen LogP contribution in [0.5, 0.6) is 0 Å². The molecule has 0 spiro atoms. The van der Waals surface area contributed by atoms with Crippen molar-refractivity contribution in [3.63, 3.8) is 0 Å². The Morgan fingerprint density at radius 2 is 2.50 bits per heavy atom. The topological polar surface area (TPSA) is 66.6 Å². The molecule has 0 atom stereocenters. The summed E-state index contributed by atoms with van der Waals surface area (Å²) in [6.45, 7) is 0.172. The molecule has 0 saturated carbocycles. The van der Waals surface area contributed by atoms with E-state index in [-0.39, 0.29) is 6.54 Å². The Morgan fingerprint density at radius 1 is 1.80 bits per heavy atom. The Morgan fingerprint density at radius 3 is 2.90 bits per heavy atom. The van der Waals surface area contributed by atoms with E-state index in [2.05, 4.69) is 0 Å². The molecule has 1 rings (SSSR count). The van der Waals surface area contributed by atoms with Crippen molar-refractivity contribution in [2.75, 3.05) is 6.54 Å². The average Bonchev–Trinajstić information content (AvgIpc) is 1.88. The Hall–Kier alpha value is -1.29. The molecular formula is C6H8N2O2. The number of hydrogen-bond donors (Lipinski definition) is 2. The lowest BCUT2D eigenvalue weighted by Crippen LogP contribution is -2.26. The lowest BCUT2D eigenvalue weighted by molar-refractivity contribution is -0.116. The van der Waals surface area contributed by atoms with Crippen molar-refractivity contribution in [3.8, 4) is 0 Å². The molecule has 0 radical (unpaired) electrons. The van der Waals surface area contributed by atoms with Crippen LogP contribution >= 0.6 is 0 Å². The molecule has 1 amide bonds. The highest BCUT2D eigenvalue weighted by Crippen LogP contribution is 2.03. The third-order valence-corrected chi connectivity index (χ3v) is 1.20. The predicted molar refractivity (Wildman–Crippen MR) is 34.9 cm³/mol. The monoisotopic (exact) mass is 140 g/mol. The van der Waals surface area contributed by atoms with Crippen LogP contribution in [0.4, 0.5) is 0 Å². The summed E-state index contributed by atoms with van der Waals surface area (Å²) in [6.07, 6.45) is 4.59. The van der Waals surface area contributed by atoms with Gasteiger partial charge in [-0.2, -0.15) is 0 Å². The summed E-state index contributed by atoms with van der Waals surface area (Å²) in [4.78, 5) is 10.5. The Balaban J connectivity index is 2.71. The van der Waals surface area contributed by atoms with Gasteiger partial charge in [0.25, 0.3) is 0 Å². The summed E-state index contributed by atoms with van der Waals surface area (Å²) in [6, 6.07) is 0. The minimum atomic E-state index is -0.497. The molecule has 0 aromatic rings. The van der Waals surface area contributed by atoms with E-state index in [1.165, 1.54) is 6.20 Å². The standard InChI is InChI=1S/C6H8N2O2/c7-6(9)5-2-1-3-8(10)4-5/h1-3,10H,4H2,(H2,7,9). The van der Waals surface area contributed by atoms with Gasteiger partial charge in [0.1, 0.15) is 0 Å². The molecule has 0 unspecified atom stereocenters. The van der Waals surface area contributed by atoms with Crippen LogP contribution in [0.25, 0.3) is 0 Å². The third kappa shape index (κ3) is 1.35. The maximum Gasteiger partial charge on any atom is 0.246 e. The van der Waals surface area contributed by atoms with Gasteiger partial charge >= 0.3 is 0 Å². The van der Waals surface area contributed by atoms with Crippen LogP contribution in [-0.2, 0) is 4.79 Å². The summed E-state index contributed by atoms with van der Waals surface area (Å²) in [5.41, 5.74) is 5.36. The fourth-order valence-corrected chi connectivity index (χ4v) is 0.699. The van der Waals surface area contributed by atoms with E-state index in [9.17, 15) is 4.79 Å². The Kier molecular flexibility index (Phi) is 1.73. The van der Waals surface area contributed by atoms with Crippen molar-refractivity contribution in [2.24, 2.45) is 5.73 Å². The van der Waals surface area contributed by atoms with E-state index < -0.39 is 5.91 Å². The number of hydroxylamine groups is 2. The second-order valence-corrected chi connectivity index (χ2v) is 2.00. The van der Waals surface area contributed by atoms with E-state index in [4.69, 9.17) is 10.9 Å². The second-order valence-electron chi connectivity index (χ2n) is 2.00. The minimum absolute atomic E-state index is 0.172. The molecule has 3 N–H and O–H groups in total. The number of nitrogens with two attached hydrogens (primary N) is 1. The summed E-state index contributed by atoms with van der Waals surface area (Å²) in [7, 11) is 0. The van der Waals surface area contributed by atoms with Gasteiger partial charge in [-0.3, -0.25) is 15.1 Å². The van der Waals surface area contributed by atoms with Gasteiger partial charge in [-0.1, -0.05) is 6.08 Å². The lowest BCUT2D eigenvalue weighted by atomic mass is 10.2. The third-order valence-electron chi connectivity index (χ3n) is 1.20. The van der Waals surface area contributed by atoms with Crippen LogP contribution in [0, 0.1) is 0 Å². The van der Waals surface area contributed by atoms with Gasteiger partial charge < -0.3 is 5.73 Å². The lowest BCUT2D eigenvalue weighted by Gasteiger charge is -2.14. The molecule has 0 bridgehead atoms. The Bertz CT molecular complexity index is 208. The smallest absolute Gasteiger partial charge is 0.246 e. The van der Waals surface area contributed by atoms with Crippen LogP contribution in [-0.4, -0.2) is 22.7 Å². The van der Waals surface area contributed by atoms with Crippen molar-refractivity contribution >= 4 is 5.91 Å². The van der Waals surface area contributed by atoms with Gasteiger partial charge in [0, 0.05) is 11.8 Å². The maximum atomic E-state index is 10.5. The highest BCUT2D eigenvalue weighted by molar-refractivity contribution is 5.92. The molecule has 0 aliphatic carbocycles. The Labute approximate surface area is 58.2 Å². The molecule has 0 saturated heterocycles. The van der Waals surface area contributed by atoms with Crippen LogP contribution < -0.4 is 5.73 Å². The SMILES string of the molecule is NC(=O)C1=CC=CN(O)C1. The zero-order chi connectivity index (χ0) is 7.56. The van der Waals surface area contributed by atoms with Gasteiger partial charge in [0.15, 0.2) is 0 Å². The molecule has 0 fully saturated rings. The van der Waals surface area contributed by atoms with Crippen molar-refractivity contribution < 1.29 is 10.0 Å². The van der Waals surface area contributed by atoms with E-state index in [0.29, 0.717) is 5.57 Å². The zero-order valence-corrected chi connectivity index (χ0v) is 5.32. The van der Waals surface area contributed by atoms with Crippen LogP contribution in [0.3, 0.4) is 0 Å². The van der Waals surface area contributed by atoms with Gasteiger partial charge in [0.05, 0.1) is 6.54 Å². The van der Waals surface area contributed by atoms with Crippen LogP contribution in [0.15, 0.2) is 23.9 Å². The molecule has 0 aromatic carbocycles. The number of amides is 1. The molecule has 4 heteroatoms. The van der Waals surface area contributed by atoms with Crippen LogP contribution in [0.1, 0.15) is 0 Å². The highest BCUT2D eigenvalue weighted by Gasteiger charge is 2.08.